The Hall–Kier alpha value is -2.59. The predicted molar refractivity (Wildman–Crippen MR) is 90.5 cm³/mol. The van der Waals surface area contributed by atoms with Crippen molar-refractivity contribution in [1.29, 1.82) is 0 Å². The molecule has 0 saturated carbocycles. The highest BCUT2D eigenvalue weighted by Gasteiger charge is 2.11. The van der Waals surface area contributed by atoms with E-state index in [1.807, 2.05) is 31.2 Å². The third kappa shape index (κ3) is 3.99. The van der Waals surface area contributed by atoms with E-state index in [2.05, 4.69) is 10.5 Å². The second-order valence-electron chi connectivity index (χ2n) is 5.28. The predicted octanol–water partition coefficient (Wildman–Crippen LogP) is 4.48. The van der Waals surface area contributed by atoms with Gasteiger partial charge in [0.25, 0.3) is 0 Å². The van der Waals surface area contributed by atoms with Crippen LogP contribution in [0.2, 0.25) is 5.02 Å². The van der Waals surface area contributed by atoms with E-state index in [4.69, 9.17) is 16.1 Å². The molecule has 116 valence electrons. The average molecular weight is 327 g/mol. The summed E-state index contributed by atoms with van der Waals surface area (Å²) in [5, 5.41) is 7.38. The minimum atomic E-state index is -0.156. The second-order valence-corrected chi connectivity index (χ2v) is 5.72. The van der Waals surface area contributed by atoms with Gasteiger partial charge in [0, 0.05) is 22.3 Å². The highest BCUT2D eigenvalue weighted by Crippen LogP contribution is 2.21. The Morgan fingerprint density at radius 3 is 2.52 bits per heavy atom. The number of hydrogen-bond donors (Lipinski definition) is 1. The van der Waals surface area contributed by atoms with Gasteiger partial charge < -0.3 is 9.84 Å². The van der Waals surface area contributed by atoms with Crippen LogP contribution in [-0.4, -0.2) is 11.1 Å². The number of nitrogens with zero attached hydrogens (tertiary/aromatic N) is 1. The van der Waals surface area contributed by atoms with Crippen molar-refractivity contribution in [3.8, 4) is 11.3 Å². The van der Waals surface area contributed by atoms with Crippen LogP contribution in [0.3, 0.4) is 0 Å². The molecule has 1 amide bonds. The van der Waals surface area contributed by atoms with Crippen LogP contribution in [0.15, 0.2) is 59.1 Å². The van der Waals surface area contributed by atoms with Crippen molar-refractivity contribution in [2.45, 2.75) is 13.3 Å². The zero-order valence-electron chi connectivity index (χ0n) is 12.5. The third-order valence-corrected chi connectivity index (χ3v) is 3.62. The van der Waals surface area contributed by atoms with Crippen molar-refractivity contribution < 1.29 is 9.32 Å². The van der Waals surface area contributed by atoms with Crippen LogP contribution < -0.4 is 5.32 Å². The lowest BCUT2D eigenvalue weighted by molar-refractivity contribution is -0.115. The Morgan fingerprint density at radius 2 is 1.83 bits per heavy atom. The lowest BCUT2D eigenvalue weighted by atomic mass is 10.1. The molecule has 5 heteroatoms. The number of halogens is 1. The van der Waals surface area contributed by atoms with Crippen LogP contribution in [0.25, 0.3) is 11.3 Å². The minimum absolute atomic E-state index is 0.151. The van der Waals surface area contributed by atoms with E-state index in [0.717, 1.165) is 5.56 Å². The molecule has 0 fully saturated rings. The largest absolute Gasteiger partial charge is 0.356 e. The second kappa shape index (κ2) is 6.67. The molecule has 4 nitrogen and oxygen atoms in total. The van der Waals surface area contributed by atoms with E-state index in [-0.39, 0.29) is 12.3 Å². The Balaban J connectivity index is 1.65. The first-order valence-corrected chi connectivity index (χ1v) is 7.56. The van der Waals surface area contributed by atoms with Crippen LogP contribution in [0.4, 0.5) is 5.69 Å². The van der Waals surface area contributed by atoms with Gasteiger partial charge in [0.1, 0.15) is 0 Å². The monoisotopic (exact) mass is 326 g/mol. The van der Waals surface area contributed by atoms with Crippen molar-refractivity contribution in [3.05, 3.63) is 70.9 Å². The number of anilines is 1. The number of hydrogen-bond acceptors (Lipinski definition) is 3. The van der Waals surface area contributed by atoms with Gasteiger partial charge in [-0.3, -0.25) is 4.79 Å². The van der Waals surface area contributed by atoms with E-state index in [1.54, 1.807) is 30.3 Å². The number of carbonyl (C=O) groups excluding carboxylic acids is 1. The first-order chi connectivity index (χ1) is 11.1. The molecule has 0 bridgehead atoms. The maximum absolute atomic E-state index is 12.0. The van der Waals surface area contributed by atoms with Gasteiger partial charge in [-0.25, -0.2) is 0 Å². The van der Waals surface area contributed by atoms with Gasteiger partial charge in [0.2, 0.25) is 5.91 Å². The number of aromatic nitrogens is 1. The molecule has 0 saturated heterocycles. The van der Waals surface area contributed by atoms with Gasteiger partial charge in [0.15, 0.2) is 5.76 Å². The van der Waals surface area contributed by atoms with Crippen LogP contribution in [-0.2, 0) is 11.2 Å². The molecule has 2 aromatic carbocycles. The van der Waals surface area contributed by atoms with E-state index in [1.165, 1.54) is 5.56 Å². The average Bonchev–Trinajstić information content (AvgIpc) is 2.98. The summed E-state index contributed by atoms with van der Waals surface area (Å²) >= 11 is 5.81. The molecule has 0 radical (unpaired) electrons. The summed E-state index contributed by atoms with van der Waals surface area (Å²) < 4.78 is 5.31. The van der Waals surface area contributed by atoms with Crippen LogP contribution in [0.1, 0.15) is 11.3 Å². The summed E-state index contributed by atoms with van der Waals surface area (Å²) in [7, 11) is 0. The summed E-state index contributed by atoms with van der Waals surface area (Å²) in [6.07, 6.45) is 0.151. The zero-order chi connectivity index (χ0) is 16.2. The van der Waals surface area contributed by atoms with Crippen molar-refractivity contribution in [2.24, 2.45) is 0 Å². The van der Waals surface area contributed by atoms with Gasteiger partial charge >= 0.3 is 0 Å². The molecule has 0 atom stereocenters. The SMILES string of the molecule is Cc1ccc(-c2cc(CC(=O)Nc3ccc(Cl)cc3)no2)cc1. The molecule has 23 heavy (non-hydrogen) atoms. The molecule has 0 unspecified atom stereocenters. The van der Waals surface area contributed by atoms with Crippen molar-refractivity contribution in [2.75, 3.05) is 5.32 Å². The standard InChI is InChI=1S/C18H15ClN2O2/c1-12-2-4-13(5-3-12)17-10-16(21-23-17)11-18(22)20-15-8-6-14(19)7-9-15/h2-10H,11H2,1H3,(H,20,22). The number of amides is 1. The van der Waals surface area contributed by atoms with Gasteiger partial charge in [-0.2, -0.15) is 0 Å². The normalized spacial score (nSPS) is 10.5. The number of rotatable bonds is 4. The number of aryl methyl sites for hydroxylation is 1. The minimum Gasteiger partial charge on any atom is -0.356 e. The summed E-state index contributed by atoms with van der Waals surface area (Å²) in [5.41, 5.74) is 3.40. The quantitative estimate of drug-likeness (QED) is 0.768. The lowest BCUT2D eigenvalue weighted by Crippen LogP contribution is -2.14. The molecule has 1 heterocycles. The van der Waals surface area contributed by atoms with E-state index >= 15 is 0 Å². The first kappa shape index (κ1) is 15.3. The maximum Gasteiger partial charge on any atom is 0.230 e. The fourth-order valence-electron chi connectivity index (χ4n) is 2.15. The molecule has 0 aliphatic rings. The first-order valence-electron chi connectivity index (χ1n) is 7.18. The highest BCUT2D eigenvalue weighted by atomic mass is 35.5. The molecule has 0 aliphatic carbocycles. The van der Waals surface area contributed by atoms with E-state index < -0.39 is 0 Å². The Bertz CT molecular complexity index is 808. The van der Waals surface area contributed by atoms with Gasteiger partial charge in [-0.05, 0) is 31.2 Å². The van der Waals surface area contributed by atoms with Crippen molar-refractivity contribution in [1.82, 2.24) is 5.16 Å². The topological polar surface area (TPSA) is 55.1 Å². The molecule has 3 rings (SSSR count). The fourth-order valence-corrected chi connectivity index (χ4v) is 2.28. The number of carbonyl (C=O) groups is 1. The van der Waals surface area contributed by atoms with Crippen molar-refractivity contribution >= 4 is 23.2 Å². The van der Waals surface area contributed by atoms with E-state index in [9.17, 15) is 4.79 Å². The van der Waals surface area contributed by atoms with Crippen LogP contribution >= 0.6 is 11.6 Å². The smallest absolute Gasteiger partial charge is 0.230 e. The summed E-state index contributed by atoms with van der Waals surface area (Å²) in [4.78, 5) is 12.0. The Kier molecular flexibility index (Phi) is 4.44. The highest BCUT2D eigenvalue weighted by molar-refractivity contribution is 6.30. The maximum atomic E-state index is 12.0. The summed E-state index contributed by atoms with van der Waals surface area (Å²) in [6.45, 7) is 2.02. The molecule has 0 spiro atoms. The molecule has 1 N–H and O–H groups in total. The molecule has 1 aromatic heterocycles. The molecular weight excluding hydrogens is 312 g/mol. The molecule has 0 aliphatic heterocycles. The van der Waals surface area contributed by atoms with E-state index in [0.29, 0.717) is 22.2 Å². The van der Waals surface area contributed by atoms with Gasteiger partial charge in [-0.1, -0.05) is 46.6 Å². The summed E-state index contributed by atoms with van der Waals surface area (Å²) in [6, 6.07) is 16.7. The van der Waals surface area contributed by atoms with Crippen LogP contribution in [0.5, 0.6) is 0 Å². The zero-order valence-corrected chi connectivity index (χ0v) is 13.3. The lowest BCUT2D eigenvalue weighted by Gasteiger charge is -2.03. The summed E-state index contributed by atoms with van der Waals surface area (Å²) in [5.74, 6) is 0.496. The molecular formula is C18H15ClN2O2. The number of nitrogens with one attached hydrogen (secondary N) is 1. The van der Waals surface area contributed by atoms with Crippen LogP contribution in [0, 0.1) is 6.92 Å². The third-order valence-electron chi connectivity index (χ3n) is 3.36. The van der Waals surface area contributed by atoms with Gasteiger partial charge in [-0.15, -0.1) is 0 Å². The Labute approximate surface area is 139 Å². The van der Waals surface area contributed by atoms with Crippen molar-refractivity contribution in [3.63, 3.8) is 0 Å². The van der Waals surface area contributed by atoms with Gasteiger partial charge in [0.05, 0.1) is 12.1 Å². The molecule has 3 aromatic rings. The Morgan fingerprint density at radius 1 is 1.13 bits per heavy atom. The number of benzene rings is 2. The fraction of sp³-hybridized carbons (Fsp3) is 0.111.